The van der Waals surface area contributed by atoms with Crippen molar-refractivity contribution in [1.82, 2.24) is 0 Å². The molecule has 0 aromatic rings. The van der Waals surface area contributed by atoms with Crippen LogP contribution < -0.4 is 0 Å². The predicted molar refractivity (Wildman–Crippen MR) is 111 cm³/mol. The molecular formula is C20H42O2Si2. The summed E-state index contributed by atoms with van der Waals surface area (Å²) in [5, 5.41) is 0. The molecule has 0 radical (unpaired) electrons. The molecule has 0 saturated heterocycles. The first-order valence-corrected chi connectivity index (χ1v) is 17.1. The standard InChI is InChI=1S/C20H42O2Si2/c1-23(2,3)21-19-17-15-13-11-9-7-8-10-12-14-16-18-20(19)22-24(4,5)6/h7-18H2,1-6H3/b20-19-. The van der Waals surface area contributed by atoms with E-state index in [2.05, 4.69) is 39.3 Å². The zero-order chi connectivity index (χ0) is 18.1. The lowest BCUT2D eigenvalue weighted by Gasteiger charge is -2.29. The summed E-state index contributed by atoms with van der Waals surface area (Å²) in [5.41, 5.74) is 0. The molecule has 0 fully saturated rings. The third kappa shape index (κ3) is 11.3. The Hall–Kier alpha value is -0.226. The quantitative estimate of drug-likeness (QED) is 0.474. The molecule has 0 spiro atoms. The number of allylic oxidation sites excluding steroid dienone is 2. The van der Waals surface area contributed by atoms with Gasteiger partial charge in [0.25, 0.3) is 0 Å². The Balaban J connectivity index is 2.89. The maximum atomic E-state index is 6.51. The van der Waals surface area contributed by atoms with E-state index in [0.29, 0.717) is 0 Å². The van der Waals surface area contributed by atoms with Crippen LogP contribution in [0.1, 0.15) is 77.0 Å². The minimum absolute atomic E-state index is 1.07. The van der Waals surface area contributed by atoms with Crippen LogP contribution in [-0.4, -0.2) is 16.6 Å². The molecule has 142 valence electrons. The summed E-state index contributed by atoms with van der Waals surface area (Å²) in [6, 6.07) is 0. The van der Waals surface area contributed by atoms with Gasteiger partial charge < -0.3 is 8.85 Å². The third-order valence-corrected chi connectivity index (χ3v) is 5.94. The highest BCUT2D eigenvalue weighted by molar-refractivity contribution is 6.70. The fourth-order valence-corrected chi connectivity index (χ4v) is 5.13. The second kappa shape index (κ2) is 10.7. The van der Waals surface area contributed by atoms with Gasteiger partial charge in [0, 0.05) is 12.8 Å². The van der Waals surface area contributed by atoms with E-state index in [1.807, 2.05) is 0 Å². The van der Waals surface area contributed by atoms with Crippen molar-refractivity contribution in [1.29, 1.82) is 0 Å². The maximum Gasteiger partial charge on any atom is 0.241 e. The van der Waals surface area contributed by atoms with Gasteiger partial charge >= 0.3 is 0 Å². The highest BCUT2D eigenvalue weighted by atomic mass is 28.4. The van der Waals surface area contributed by atoms with Gasteiger partial charge in [-0.15, -0.1) is 0 Å². The van der Waals surface area contributed by atoms with E-state index in [0.717, 1.165) is 12.8 Å². The van der Waals surface area contributed by atoms with Crippen molar-refractivity contribution in [3.05, 3.63) is 11.5 Å². The first-order valence-electron chi connectivity index (χ1n) is 10.3. The molecule has 0 heterocycles. The second-order valence-electron chi connectivity index (χ2n) is 9.31. The average Bonchev–Trinajstić information content (AvgIpc) is 2.43. The van der Waals surface area contributed by atoms with Crippen molar-refractivity contribution in [3.63, 3.8) is 0 Å². The lowest BCUT2D eigenvalue weighted by Crippen LogP contribution is -2.29. The van der Waals surface area contributed by atoms with Crippen molar-refractivity contribution in [2.45, 2.75) is 116 Å². The molecule has 0 bridgehead atoms. The van der Waals surface area contributed by atoms with Crippen LogP contribution in [0.3, 0.4) is 0 Å². The van der Waals surface area contributed by atoms with Crippen molar-refractivity contribution < 1.29 is 8.85 Å². The van der Waals surface area contributed by atoms with Gasteiger partial charge in [-0.05, 0) is 52.1 Å². The number of rotatable bonds is 4. The molecule has 1 aliphatic rings. The molecule has 1 rings (SSSR count). The highest BCUT2D eigenvalue weighted by Crippen LogP contribution is 2.28. The minimum atomic E-state index is -1.59. The van der Waals surface area contributed by atoms with Gasteiger partial charge in [0.1, 0.15) is 11.5 Å². The smallest absolute Gasteiger partial charge is 0.241 e. The van der Waals surface area contributed by atoms with Gasteiger partial charge in [-0.2, -0.15) is 0 Å². The van der Waals surface area contributed by atoms with Crippen molar-refractivity contribution in [3.8, 4) is 0 Å². The molecule has 0 aromatic carbocycles. The van der Waals surface area contributed by atoms with E-state index in [1.165, 1.54) is 75.7 Å². The molecule has 0 saturated carbocycles. The van der Waals surface area contributed by atoms with Crippen LogP contribution in [0.2, 0.25) is 39.3 Å². The van der Waals surface area contributed by atoms with Crippen LogP contribution in [0, 0.1) is 0 Å². The Labute approximate surface area is 153 Å². The Morgan fingerprint density at radius 2 is 0.708 bits per heavy atom. The van der Waals surface area contributed by atoms with Crippen LogP contribution in [0.15, 0.2) is 11.5 Å². The van der Waals surface area contributed by atoms with Gasteiger partial charge in [-0.1, -0.05) is 51.4 Å². The zero-order valence-corrected chi connectivity index (χ0v) is 19.3. The molecule has 4 heteroatoms. The van der Waals surface area contributed by atoms with Crippen molar-refractivity contribution in [2.24, 2.45) is 0 Å². The summed E-state index contributed by atoms with van der Waals surface area (Å²) in [4.78, 5) is 0. The molecule has 0 unspecified atom stereocenters. The topological polar surface area (TPSA) is 18.5 Å². The molecule has 1 aliphatic carbocycles. The summed E-state index contributed by atoms with van der Waals surface area (Å²) in [5.74, 6) is 2.40. The van der Waals surface area contributed by atoms with Gasteiger partial charge in [0.05, 0.1) is 0 Å². The third-order valence-electron chi connectivity index (χ3n) is 4.23. The van der Waals surface area contributed by atoms with Gasteiger partial charge in [0.15, 0.2) is 0 Å². The van der Waals surface area contributed by atoms with E-state index in [9.17, 15) is 0 Å². The Morgan fingerprint density at radius 3 is 0.958 bits per heavy atom. The number of hydrogen-bond donors (Lipinski definition) is 0. The van der Waals surface area contributed by atoms with Crippen molar-refractivity contribution >= 4 is 16.6 Å². The first kappa shape index (κ1) is 21.8. The monoisotopic (exact) mass is 370 g/mol. The maximum absolute atomic E-state index is 6.51. The Kier molecular flexibility index (Phi) is 9.72. The SMILES string of the molecule is C[Si](C)(C)O/C1=C(\O[Si](C)(C)C)CCCCCCCCCCCC1. The zero-order valence-electron chi connectivity index (χ0n) is 17.3. The van der Waals surface area contributed by atoms with Gasteiger partial charge in [0.2, 0.25) is 16.6 Å². The fourth-order valence-electron chi connectivity index (χ4n) is 3.22. The highest BCUT2D eigenvalue weighted by Gasteiger charge is 2.24. The predicted octanol–water partition coefficient (Wildman–Crippen LogP) is 7.60. The second-order valence-corrected chi connectivity index (χ2v) is 18.2. The van der Waals surface area contributed by atoms with E-state index in [1.54, 1.807) is 0 Å². The van der Waals surface area contributed by atoms with Crippen LogP contribution in [0.25, 0.3) is 0 Å². The fraction of sp³-hybridized carbons (Fsp3) is 0.900. The van der Waals surface area contributed by atoms with Crippen LogP contribution in [0.4, 0.5) is 0 Å². The molecular weight excluding hydrogens is 328 g/mol. The molecule has 0 aromatic heterocycles. The molecule has 0 atom stereocenters. The van der Waals surface area contributed by atoms with Crippen LogP contribution in [0.5, 0.6) is 0 Å². The summed E-state index contributed by atoms with van der Waals surface area (Å²) >= 11 is 0. The lowest BCUT2D eigenvalue weighted by molar-refractivity contribution is 0.307. The summed E-state index contributed by atoms with van der Waals surface area (Å²) in [6.45, 7) is 13.7. The summed E-state index contributed by atoms with van der Waals surface area (Å²) in [7, 11) is -3.19. The normalized spacial score (nSPS) is 23.4. The van der Waals surface area contributed by atoms with Gasteiger partial charge in [-0.25, -0.2) is 0 Å². The van der Waals surface area contributed by atoms with E-state index in [4.69, 9.17) is 8.85 Å². The van der Waals surface area contributed by atoms with E-state index >= 15 is 0 Å². The van der Waals surface area contributed by atoms with Crippen LogP contribution >= 0.6 is 0 Å². The Morgan fingerprint density at radius 1 is 0.458 bits per heavy atom. The van der Waals surface area contributed by atoms with Gasteiger partial charge in [-0.3, -0.25) is 0 Å². The average molecular weight is 371 g/mol. The Bertz CT molecular complexity index is 342. The molecule has 0 amide bonds. The molecule has 0 aliphatic heterocycles. The first-order chi connectivity index (χ1) is 11.2. The largest absolute Gasteiger partial charge is 0.545 e. The van der Waals surface area contributed by atoms with Crippen molar-refractivity contribution in [2.75, 3.05) is 0 Å². The van der Waals surface area contributed by atoms with E-state index in [-0.39, 0.29) is 0 Å². The molecule has 0 N–H and O–H groups in total. The van der Waals surface area contributed by atoms with E-state index < -0.39 is 16.6 Å². The minimum Gasteiger partial charge on any atom is -0.545 e. The summed E-state index contributed by atoms with van der Waals surface area (Å²) in [6.07, 6.45) is 15.7. The molecule has 2 nitrogen and oxygen atoms in total. The molecule has 24 heavy (non-hydrogen) atoms. The number of hydrogen-bond acceptors (Lipinski definition) is 2. The summed E-state index contributed by atoms with van der Waals surface area (Å²) < 4.78 is 13.0. The lowest BCUT2D eigenvalue weighted by atomic mass is 10.0. The van der Waals surface area contributed by atoms with Crippen LogP contribution in [-0.2, 0) is 8.85 Å².